The lowest BCUT2D eigenvalue weighted by atomic mass is 10.1. The number of fused-ring (bicyclic) bond motifs is 1. The summed E-state index contributed by atoms with van der Waals surface area (Å²) in [6.45, 7) is 5.45. The van der Waals surface area contributed by atoms with E-state index in [1.807, 2.05) is 25.1 Å². The standard InChI is InChI=1S/C19H29NO3/c1-3-4-5-6-7-8-19(21)20-15(2)13-16-9-10-17-18(14-16)23-12-11-22-17/h9-10,14-15H,3-8,11-13H2,1-2H3,(H,20,21). The van der Waals surface area contributed by atoms with E-state index in [1.165, 1.54) is 19.3 Å². The Labute approximate surface area is 139 Å². The first kappa shape index (κ1) is 17.6. The lowest BCUT2D eigenvalue weighted by Crippen LogP contribution is -2.33. The van der Waals surface area contributed by atoms with Gasteiger partial charge in [-0.3, -0.25) is 4.79 Å². The Morgan fingerprint density at radius 3 is 2.65 bits per heavy atom. The van der Waals surface area contributed by atoms with Gasteiger partial charge >= 0.3 is 0 Å². The number of hydrogen-bond donors (Lipinski definition) is 1. The maximum Gasteiger partial charge on any atom is 0.220 e. The molecule has 0 fully saturated rings. The third-order valence-electron chi connectivity index (χ3n) is 4.06. The average Bonchev–Trinajstić information content (AvgIpc) is 2.54. The molecule has 1 unspecified atom stereocenters. The summed E-state index contributed by atoms with van der Waals surface area (Å²) in [6, 6.07) is 6.13. The van der Waals surface area contributed by atoms with Crippen LogP contribution in [0.5, 0.6) is 11.5 Å². The van der Waals surface area contributed by atoms with Crippen molar-refractivity contribution in [1.29, 1.82) is 0 Å². The van der Waals surface area contributed by atoms with Gasteiger partial charge in [-0.1, -0.05) is 38.7 Å². The minimum absolute atomic E-state index is 0.126. The Morgan fingerprint density at radius 2 is 1.87 bits per heavy atom. The van der Waals surface area contributed by atoms with E-state index < -0.39 is 0 Å². The predicted octanol–water partition coefficient (Wildman–Crippen LogP) is 3.87. The van der Waals surface area contributed by atoms with E-state index in [4.69, 9.17) is 9.47 Å². The van der Waals surface area contributed by atoms with Gasteiger partial charge in [0.25, 0.3) is 0 Å². The van der Waals surface area contributed by atoms with Gasteiger partial charge in [0, 0.05) is 12.5 Å². The van der Waals surface area contributed by atoms with Gasteiger partial charge in [0.15, 0.2) is 11.5 Å². The van der Waals surface area contributed by atoms with E-state index in [1.54, 1.807) is 0 Å². The normalized spacial score (nSPS) is 14.3. The smallest absolute Gasteiger partial charge is 0.220 e. The van der Waals surface area contributed by atoms with E-state index in [0.717, 1.165) is 36.3 Å². The first-order chi connectivity index (χ1) is 11.2. The first-order valence-electron chi connectivity index (χ1n) is 8.87. The predicted molar refractivity (Wildman–Crippen MR) is 92.1 cm³/mol. The highest BCUT2D eigenvalue weighted by Gasteiger charge is 2.13. The largest absolute Gasteiger partial charge is 0.486 e. The third-order valence-corrected chi connectivity index (χ3v) is 4.06. The molecule has 128 valence electrons. The van der Waals surface area contributed by atoms with Crippen LogP contribution in [0.4, 0.5) is 0 Å². The number of carbonyl (C=O) groups excluding carboxylic acids is 1. The molecule has 0 saturated heterocycles. The van der Waals surface area contributed by atoms with Gasteiger partial charge in [-0.05, 0) is 37.5 Å². The number of amides is 1. The molecule has 23 heavy (non-hydrogen) atoms. The molecule has 1 amide bonds. The zero-order valence-electron chi connectivity index (χ0n) is 14.4. The van der Waals surface area contributed by atoms with E-state index in [-0.39, 0.29) is 11.9 Å². The van der Waals surface area contributed by atoms with E-state index in [2.05, 4.69) is 12.2 Å². The number of unbranched alkanes of at least 4 members (excludes halogenated alkanes) is 4. The van der Waals surface area contributed by atoms with Crippen molar-refractivity contribution in [2.75, 3.05) is 13.2 Å². The minimum atomic E-state index is 0.126. The van der Waals surface area contributed by atoms with Crippen LogP contribution in [0.15, 0.2) is 18.2 Å². The summed E-state index contributed by atoms with van der Waals surface area (Å²) in [5, 5.41) is 3.09. The molecule has 0 radical (unpaired) electrons. The summed E-state index contributed by atoms with van der Waals surface area (Å²) in [4.78, 5) is 12.0. The summed E-state index contributed by atoms with van der Waals surface area (Å²) >= 11 is 0. The number of rotatable bonds is 9. The summed E-state index contributed by atoms with van der Waals surface area (Å²) < 4.78 is 11.1. The Balaban J connectivity index is 1.71. The van der Waals surface area contributed by atoms with Crippen LogP contribution in [0.1, 0.15) is 57.9 Å². The fraction of sp³-hybridized carbons (Fsp3) is 0.632. The van der Waals surface area contributed by atoms with Crippen molar-refractivity contribution >= 4 is 5.91 Å². The van der Waals surface area contributed by atoms with E-state index >= 15 is 0 Å². The lowest BCUT2D eigenvalue weighted by molar-refractivity contribution is -0.121. The van der Waals surface area contributed by atoms with Crippen LogP contribution in [0.25, 0.3) is 0 Å². The summed E-state index contributed by atoms with van der Waals surface area (Å²) in [5.74, 6) is 1.78. The van der Waals surface area contributed by atoms with Crippen molar-refractivity contribution in [3.8, 4) is 11.5 Å². The quantitative estimate of drug-likeness (QED) is 0.703. The second kappa shape index (κ2) is 9.43. The van der Waals surface area contributed by atoms with Gasteiger partial charge in [0.05, 0.1) is 0 Å². The van der Waals surface area contributed by atoms with Gasteiger partial charge in [-0.2, -0.15) is 0 Å². The fourth-order valence-corrected chi connectivity index (χ4v) is 2.86. The highest BCUT2D eigenvalue weighted by atomic mass is 16.6. The molecule has 0 aliphatic carbocycles. The van der Waals surface area contributed by atoms with Crippen molar-refractivity contribution in [1.82, 2.24) is 5.32 Å². The molecule has 4 heteroatoms. The van der Waals surface area contributed by atoms with Crippen LogP contribution in [0.3, 0.4) is 0 Å². The van der Waals surface area contributed by atoms with Gasteiger partial charge in [0.1, 0.15) is 13.2 Å². The Kier molecular flexibility index (Phi) is 7.24. The molecule has 1 atom stereocenters. The van der Waals surface area contributed by atoms with Crippen molar-refractivity contribution < 1.29 is 14.3 Å². The van der Waals surface area contributed by atoms with Crippen LogP contribution < -0.4 is 14.8 Å². The second-order valence-corrected chi connectivity index (χ2v) is 6.31. The zero-order chi connectivity index (χ0) is 16.5. The van der Waals surface area contributed by atoms with Crippen molar-refractivity contribution in [3.63, 3.8) is 0 Å². The van der Waals surface area contributed by atoms with Gasteiger partial charge in [-0.15, -0.1) is 0 Å². The van der Waals surface area contributed by atoms with Crippen molar-refractivity contribution in [2.45, 2.75) is 64.8 Å². The number of hydrogen-bond acceptors (Lipinski definition) is 3. The van der Waals surface area contributed by atoms with Crippen molar-refractivity contribution in [3.05, 3.63) is 23.8 Å². The molecule has 0 bridgehead atoms. The van der Waals surface area contributed by atoms with Crippen LogP contribution in [-0.2, 0) is 11.2 Å². The van der Waals surface area contributed by atoms with Crippen LogP contribution in [0, 0.1) is 0 Å². The molecule has 1 aromatic carbocycles. The second-order valence-electron chi connectivity index (χ2n) is 6.31. The fourth-order valence-electron chi connectivity index (χ4n) is 2.86. The molecule has 0 aromatic heterocycles. The number of carbonyl (C=O) groups is 1. The van der Waals surface area contributed by atoms with Crippen molar-refractivity contribution in [2.24, 2.45) is 0 Å². The van der Waals surface area contributed by atoms with E-state index in [9.17, 15) is 4.79 Å². The molecule has 4 nitrogen and oxygen atoms in total. The summed E-state index contributed by atoms with van der Waals surface area (Å²) in [5.41, 5.74) is 1.16. The minimum Gasteiger partial charge on any atom is -0.486 e. The monoisotopic (exact) mass is 319 g/mol. The molecular weight excluding hydrogens is 290 g/mol. The Bertz CT molecular complexity index is 501. The van der Waals surface area contributed by atoms with Crippen LogP contribution in [0.2, 0.25) is 0 Å². The Morgan fingerprint density at radius 1 is 1.13 bits per heavy atom. The SMILES string of the molecule is CCCCCCCC(=O)NC(C)Cc1ccc2c(c1)OCCO2. The van der Waals surface area contributed by atoms with Gasteiger partial charge in [-0.25, -0.2) is 0 Å². The topological polar surface area (TPSA) is 47.6 Å². The molecule has 1 aromatic rings. The van der Waals surface area contributed by atoms with Crippen LogP contribution >= 0.6 is 0 Å². The molecule has 1 aliphatic heterocycles. The highest BCUT2D eigenvalue weighted by molar-refractivity contribution is 5.76. The molecule has 1 heterocycles. The molecule has 0 saturated carbocycles. The molecule has 2 rings (SSSR count). The average molecular weight is 319 g/mol. The van der Waals surface area contributed by atoms with E-state index in [0.29, 0.717) is 19.6 Å². The zero-order valence-corrected chi connectivity index (χ0v) is 14.4. The molecule has 1 aliphatic rings. The van der Waals surface area contributed by atoms with Gasteiger partial charge < -0.3 is 14.8 Å². The summed E-state index contributed by atoms with van der Waals surface area (Å²) in [6.07, 6.45) is 7.31. The van der Waals surface area contributed by atoms with Gasteiger partial charge in [0.2, 0.25) is 5.91 Å². The number of nitrogens with one attached hydrogen (secondary N) is 1. The number of ether oxygens (including phenoxy) is 2. The molecule has 1 N–H and O–H groups in total. The third kappa shape index (κ3) is 6.12. The van der Waals surface area contributed by atoms with Crippen LogP contribution in [-0.4, -0.2) is 25.2 Å². The Hall–Kier alpha value is -1.71. The number of benzene rings is 1. The highest BCUT2D eigenvalue weighted by Crippen LogP contribution is 2.31. The molecular formula is C19H29NO3. The maximum absolute atomic E-state index is 12.0. The first-order valence-corrected chi connectivity index (χ1v) is 8.87. The summed E-state index contributed by atoms with van der Waals surface area (Å²) in [7, 11) is 0. The maximum atomic E-state index is 12.0. The lowest BCUT2D eigenvalue weighted by Gasteiger charge is -2.20. The molecule has 0 spiro atoms.